The van der Waals surface area contributed by atoms with Crippen molar-refractivity contribution in [1.29, 1.82) is 0 Å². The van der Waals surface area contributed by atoms with Gasteiger partial charge in [0, 0.05) is 38.8 Å². The van der Waals surface area contributed by atoms with E-state index in [1.165, 1.54) is 0 Å². The summed E-state index contributed by atoms with van der Waals surface area (Å²) in [6.07, 6.45) is 8.41. The number of aryl methyl sites for hydroxylation is 1. The second-order valence-electron chi connectivity index (χ2n) is 9.73. The lowest BCUT2D eigenvalue weighted by molar-refractivity contribution is 1.21. The zero-order chi connectivity index (χ0) is 25.6. The van der Waals surface area contributed by atoms with Crippen molar-refractivity contribution in [2.45, 2.75) is 13.8 Å². The summed E-state index contributed by atoms with van der Waals surface area (Å²) in [7, 11) is 0. The second-order valence-corrected chi connectivity index (χ2v) is 9.73. The van der Waals surface area contributed by atoms with Crippen LogP contribution >= 0.6 is 0 Å². The maximum absolute atomic E-state index is 5.10. The van der Waals surface area contributed by atoms with Crippen molar-refractivity contribution < 1.29 is 0 Å². The van der Waals surface area contributed by atoms with Gasteiger partial charge in [-0.05, 0) is 79.1 Å². The van der Waals surface area contributed by atoms with Crippen LogP contribution in [0.4, 0.5) is 0 Å². The highest BCUT2D eigenvalue weighted by Gasteiger charge is 2.15. The lowest BCUT2D eigenvalue weighted by Gasteiger charge is -2.04. The molecular weight excluding hydrogens is 464 g/mol. The molecule has 5 aromatic rings. The number of nitrogens with zero attached hydrogens (tertiary/aromatic N) is 2. The normalized spacial score (nSPS) is 12.3. The van der Waals surface area contributed by atoms with Crippen LogP contribution in [0.5, 0.6) is 0 Å². The van der Waals surface area contributed by atoms with E-state index in [2.05, 4.69) is 121 Å². The number of fused-ring (bicyclic) bond motifs is 8. The molecule has 2 aromatic carbocycles. The molecule has 5 heterocycles. The van der Waals surface area contributed by atoms with Crippen molar-refractivity contribution in [1.82, 2.24) is 19.9 Å². The summed E-state index contributed by atoms with van der Waals surface area (Å²) in [6, 6.07) is 29.5. The molecule has 2 N–H and O–H groups in total. The van der Waals surface area contributed by atoms with Crippen molar-refractivity contribution in [3.05, 3.63) is 119 Å². The average molecular weight is 491 g/mol. The Balaban J connectivity index is 1.64. The van der Waals surface area contributed by atoms with Gasteiger partial charge in [-0.25, -0.2) is 9.97 Å². The average Bonchev–Trinajstić information content (AvgIpc) is 3.77. The maximum atomic E-state index is 5.10. The van der Waals surface area contributed by atoms with E-state index in [9.17, 15) is 0 Å². The molecule has 38 heavy (non-hydrogen) atoms. The van der Waals surface area contributed by atoms with Gasteiger partial charge in [0.25, 0.3) is 0 Å². The molecule has 0 aliphatic carbocycles. The first-order chi connectivity index (χ1) is 18.7. The first-order valence-corrected chi connectivity index (χ1v) is 12.9. The van der Waals surface area contributed by atoms with Crippen LogP contribution in [-0.4, -0.2) is 19.9 Å². The minimum atomic E-state index is 0.933. The molecule has 0 amide bonds. The summed E-state index contributed by atoms with van der Waals surface area (Å²) in [5.41, 5.74) is 14.6. The van der Waals surface area contributed by atoms with Crippen LogP contribution in [0.1, 0.15) is 33.9 Å². The highest BCUT2D eigenvalue weighted by molar-refractivity contribution is 5.94. The Morgan fingerprint density at radius 1 is 0.421 bits per heavy atom. The van der Waals surface area contributed by atoms with E-state index in [1.54, 1.807) is 0 Å². The lowest BCUT2D eigenvalue weighted by atomic mass is 10.0. The minimum absolute atomic E-state index is 0.933. The Bertz CT molecular complexity index is 1780. The summed E-state index contributed by atoms with van der Waals surface area (Å²) in [5, 5.41) is 0. The van der Waals surface area contributed by atoms with E-state index in [4.69, 9.17) is 9.97 Å². The molecule has 4 heteroatoms. The maximum Gasteiger partial charge on any atom is 0.0737 e. The van der Waals surface area contributed by atoms with E-state index in [0.29, 0.717) is 0 Å². The number of benzene rings is 2. The first kappa shape index (κ1) is 22.3. The van der Waals surface area contributed by atoms with Gasteiger partial charge >= 0.3 is 0 Å². The van der Waals surface area contributed by atoms with Gasteiger partial charge in [-0.15, -0.1) is 0 Å². The third-order valence-electron chi connectivity index (χ3n) is 7.40. The van der Waals surface area contributed by atoms with Crippen LogP contribution in [0.15, 0.2) is 84.9 Å². The molecular formula is C34H26N4. The van der Waals surface area contributed by atoms with Crippen molar-refractivity contribution in [3.63, 3.8) is 0 Å². The van der Waals surface area contributed by atoms with E-state index in [-0.39, 0.29) is 0 Å². The van der Waals surface area contributed by atoms with Crippen LogP contribution < -0.4 is 0 Å². The fraction of sp³-hybridized carbons (Fsp3) is 0.0588. The standard InChI is InChI=1S/C34H26N4/c1-21-25-13-17-29(35-25)33(23-9-5-3-6-10-23)31-19-15-27(37-31)22(2)28-16-20-32(38-28)34(24-11-7-4-8-12-24)30-18-14-26(21)36-30/h3-20,35-36H,1-2H3. The van der Waals surface area contributed by atoms with Crippen molar-refractivity contribution in [2.75, 3.05) is 0 Å². The predicted molar refractivity (Wildman–Crippen MR) is 159 cm³/mol. The molecule has 4 nitrogen and oxygen atoms in total. The van der Waals surface area contributed by atoms with Crippen LogP contribution in [-0.2, 0) is 0 Å². The Labute approximate surface area is 221 Å². The third-order valence-corrected chi connectivity index (χ3v) is 7.40. The Morgan fingerprint density at radius 3 is 1.26 bits per heavy atom. The van der Waals surface area contributed by atoms with Gasteiger partial charge in [0.05, 0.1) is 22.8 Å². The molecule has 2 aliphatic heterocycles. The number of aromatic nitrogens is 4. The number of aromatic amines is 2. The van der Waals surface area contributed by atoms with Gasteiger partial charge in [0.15, 0.2) is 0 Å². The third kappa shape index (κ3) is 3.70. The predicted octanol–water partition coefficient (Wildman–Crippen LogP) is 8.61. The number of hydrogen-bond donors (Lipinski definition) is 2. The van der Waals surface area contributed by atoms with Crippen molar-refractivity contribution in [2.24, 2.45) is 0 Å². The van der Waals surface area contributed by atoms with E-state index < -0.39 is 0 Å². The summed E-state index contributed by atoms with van der Waals surface area (Å²) >= 11 is 0. The zero-order valence-corrected chi connectivity index (χ0v) is 21.3. The molecule has 0 unspecified atom stereocenters. The molecule has 182 valence electrons. The summed E-state index contributed by atoms with van der Waals surface area (Å²) in [4.78, 5) is 17.6. The zero-order valence-electron chi connectivity index (χ0n) is 21.3. The largest absolute Gasteiger partial charge is 0.355 e. The summed E-state index contributed by atoms with van der Waals surface area (Å²) < 4.78 is 0. The molecule has 8 bridgehead atoms. The molecule has 0 saturated heterocycles. The molecule has 2 aliphatic rings. The fourth-order valence-electron chi connectivity index (χ4n) is 5.31. The van der Waals surface area contributed by atoms with Gasteiger partial charge in [0.1, 0.15) is 0 Å². The molecule has 0 atom stereocenters. The Hall–Kier alpha value is -4.96. The molecule has 3 aromatic heterocycles. The minimum Gasteiger partial charge on any atom is -0.355 e. The Morgan fingerprint density at radius 2 is 0.816 bits per heavy atom. The van der Waals surface area contributed by atoms with Gasteiger partial charge in [-0.1, -0.05) is 60.7 Å². The second kappa shape index (κ2) is 8.86. The molecule has 0 fully saturated rings. The van der Waals surface area contributed by atoms with Crippen LogP contribution in [0.25, 0.3) is 68.6 Å². The topological polar surface area (TPSA) is 57.4 Å². The highest BCUT2D eigenvalue weighted by Crippen LogP contribution is 2.33. The van der Waals surface area contributed by atoms with Gasteiger partial charge in [0.2, 0.25) is 0 Å². The van der Waals surface area contributed by atoms with Crippen molar-refractivity contribution in [3.8, 4) is 22.3 Å². The smallest absolute Gasteiger partial charge is 0.0737 e. The molecule has 0 radical (unpaired) electrons. The van der Waals surface area contributed by atoms with Gasteiger partial charge < -0.3 is 9.97 Å². The van der Waals surface area contributed by atoms with Gasteiger partial charge in [-0.3, -0.25) is 0 Å². The quantitative estimate of drug-likeness (QED) is 0.255. The highest BCUT2D eigenvalue weighted by atomic mass is 14.8. The van der Waals surface area contributed by atoms with Crippen LogP contribution in [0, 0.1) is 13.8 Å². The SMILES string of the molecule is Cc1c2nc(c(-c3ccccc3)c3ccc([nH]3)c(C)c3ccc([nH]3)c(-c3ccccc3)c3nc1C=C3)C=C2. The number of H-pyrrole nitrogens is 2. The molecule has 0 spiro atoms. The van der Waals surface area contributed by atoms with E-state index >= 15 is 0 Å². The van der Waals surface area contributed by atoms with E-state index in [0.717, 1.165) is 78.2 Å². The molecule has 7 rings (SSSR count). The van der Waals surface area contributed by atoms with Crippen LogP contribution in [0.2, 0.25) is 0 Å². The summed E-state index contributed by atoms with van der Waals surface area (Å²) in [5.74, 6) is 0. The fourth-order valence-corrected chi connectivity index (χ4v) is 5.31. The number of nitrogens with one attached hydrogen (secondary N) is 2. The number of hydrogen-bond acceptors (Lipinski definition) is 2. The lowest BCUT2D eigenvalue weighted by Crippen LogP contribution is -1.89. The Kier molecular flexibility index (Phi) is 5.19. The van der Waals surface area contributed by atoms with Crippen LogP contribution in [0.3, 0.4) is 0 Å². The summed E-state index contributed by atoms with van der Waals surface area (Å²) in [6.45, 7) is 4.25. The monoisotopic (exact) mass is 490 g/mol. The molecule has 0 saturated carbocycles. The van der Waals surface area contributed by atoms with E-state index in [1.807, 2.05) is 12.1 Å². The van der Waals surface area contributed by atoms with Gasteiger partial charge in [-0.2, -0.15) is 0 Å². The van der Waals surface area contributed by atoms with Crippen molar-refractivity contribution >= 4 is 46.4 Å². The first-order valence-electron chi connectivity index (χ1n) is 12.9. The number of rotatable bonds is 2.